The van der Waals surface area contributed by atoms with Crippen molar-refractivity contribution in [3.63, 3.8) is 0 Å². The molecule has 172 valence electrons. The van der Waals surface area contributed by atoms with Crippen molar-refractivity contribution >= 4 is 22.7 Å². The molecule has 1 aromatic heterocycles. The van der Waals surface area contributed by atoms with E-state index in [2.05, 4.69) is 23.5 Å². The fourth-order valence-corrected chi connectivity index (χ4v) is 3.77. The number of fused-ring (bicyclic) bond motifs is 1. The van der Waals surface area contributed by atoms with E-state index < -0.39 is 11.8 Å². The minimum absolute atomic E-state index is 0.0638. The van der Waals surface area contributed by atoms with Crippen LogP contribution in [0.3, 0.4) is 0 Å². The molecule has 3 aromatic rings. The maximum Gasteiger partial charge on any atom is 0.384 e. The molecular formula is C27H28FNO4. The van der Waals surface area contributed by atoms with Crippen LogP contribution in [0, 0.1) is 24.6 Å². The fourth-order valence-electron chi connectivity index (χ4n) is 3.77. The van der Waals surface area contributed by atoms with Gasteiger partial charge in [0.2, 0.25) is 5.78 Å². The fraction of sp³-hybridized carbons (Fsp3) is 0.333. The van der Waals surface area contributed by atoms with Crippen molar-refractivity contribution < 1.29 is 23.5 Å². The van der Waals surface area contributed by atoms with Crippen molar-refractivity contribution in [3.05, 3.63) is 59.0 Å². The van der Waals surface area contributed by atoms with Crippen LogP contribution in [0.1, 0.15) is 61.1 Å². The summed E-state index contributed by atoms with van der Waals surface area (Å²) in [6.45, 7) is 8.31. The van der Waals surface area contributed by atoms with Gasteiger partial charge in [-0.15, -0.1) is 0 Å². The van der Waals surface area contributed by atoms with Gasteiger partial charge in [0.25, 0.3) is 0 Å². The zero-order chi connectivity index (χ0) is 24.1. The van der Waals surface area contributed by atoms with Gasteiger partial charge in [-0.05, 0) is 67.1 Å². The first-order valence-electron chi connectivity index (χ1n) is 11.0. The molecule has 0 unspecified atom stereocenters. The summed E-state index contributed by atoms with van der Waals surface area (Å²) in [5, 5.41) is 0.666. The predicted molar refractivity (Wildman–Crippen MR) is 127 cm³/mol. The average molecular weight is 450 g/mol. The predicted octanol–water partition coefficient (Wildman–Crippen LogP) is 5.74. The number of unbranched alkanes of at least 4 members (excludes halogenated alkanes) is 1. The minimum Gasteiger partial charge on any atom is -0.494 e. The maximum atomic E-state index is 14.0. The number of ketones is 1. The third-order valence-corrected chi connectivity index (χ3v) is 5.38. The summed E-state index contributed by atoms with van der Waals surface area (Å²) in [5.41, 5.74) is 3.14. The lowest BCUT2D eigenvalue weighted by Crippen LogP contribution is -2.08. The standard InChI is InChI=1S/C27H28FNO4/c1-6-7-14-33-20-9-11-23-21(16-20)26(24(30)12-13-25(31)32-5)27(17(2)3)29(23)19-8-10-22(28)18(4)15-19/h8-11,15-17H,6-7,14H2,1-5H3. The van der Waals surface area contributed by atoms with E-state index in [0.717, 1.165) is 29.7 Å². The minimum atomic E-state index is -0.782. The number of Topliss-reactive ketones (excluding diaryl/α,β-unsaturated/α-hetero) is 1. The zero-order valence-corrected chi connectivity index (χ0v) is 19.6. The molecule has 0 N–H and O–H groups in total. The van der Waals surface area contributed by atoms with Crippen molar-refractivity contribution in [1.82, 2.24) is 4.57 Å². The van der Waals surface area contributed by atoms with Crippen LogP contribution < -0.4 is 4.74 Å². The maximum absolute atomic E-state index is 14.0. The molecule has 0 atom stereocenters. The summed E-state index contributed by atoms with van der Waals surface area (Å²) in [7, 11) is 1.21. The van der Waals surface area contributed by atoms with Gasteiger partial charge in [0.1, 0.15) is 11.6 Å². The average Bonchev–Trinajstić information content (AvgIpc) is 3.14. The van der Waals surface area contributed by atoms with Crippen LogP contribution >= 0.6 is 0 Å². The molecule has 0 radical (unpaired) electrons. The van der Waals surface area contributed by atoms with Crippen molar-refractivity contribution in [3.8, 4) is 23.3 Å². The van der Waals surface area contributed by atoms with E-state index in [-0.39, 0.29) is 11.7 Å². The highest BCUT2D eigenvalue weighted by Crippen LogP contribution is 2.36. The van der Waals surface area contributed by atoms with Gasteiger partial charge in [-0.1, -0.05) is 27.2 Å². The number of methoxy groups -OCH3 is 1. The normalized spacial score (nSPS) is 10.8. The summed E-state index contributed by atoms with van der Waals surface area (Å²) in [4.78, 5) is 24.8. The molecule has 0 amide bonds. The number of esters is 1. The Labute approximate surface area is 193 Å². The van der Waals surface area contributed by atoms with E-state index in [9.17, 15) is 14.0 Å². The number of rotatable bonds is 7. The number of hydrogen-bond acceptors (Lipinski definition) is 4. The Morgan fingerprint density at radius 2 is 1.88 bits per heavy atom. The van der Waals surface area contributed by atoms with E-state index in [1.165, 1.54) is 13.2 Å². The SMILES string of the molecule is CCCCOc1ccc2c(c1)c(C(=O)C#CC(=O)OC)c(C(C)C)n2-c1ccc(F)c(C)c1. The van der Waals surface area contributed by atoms with Crippen molar-refractivity contribution in [1.29, 1.82) is 0 Å². The van der Waals surface area contributed by atoms with Gasteiger partial charge in [0.05, 0.1) is 24.8 Å². The van der Waals surface area contributed by atoms with E-state index in [0.29, 0.717) is 28.9 Å². The molecular weight excluding hydrogens is 421 g/mol. The van der Waals surface area contributed by atoms with Crippen molar-refractivity contribution in [2.24, 2.45) is 0 Å². The highest BCUT2D eigenvalue weighted by molar-refractivity contribution is 6.19. The van der Waals surface area contributed by atoms with Crippen LogP contribution in [0.5, 0.6) is 5.75 Å². The van der Waals surface area contributed by atoms with Crippen LogP contribution in [0.25, 0.3) is 16.6 Å². The molecule has 0 aliphatic carbocycles. The number of ether oxygens (including phenoxy) is 2. The van der Waals surface area contributed by atoms with Crippen LogP contribution in [0.2, 0.25) is 0 Å². The monoisotopic (exact) mass is 449 g/mol. The number of aromatic nitrogens is 1. The van der Waals surface area contributed by atoms with Gasteiger partial charge in [0.15, 0.2) is 0 Å². The largest absolute Gasteiger partial charge is 0.494 e. The lowest BCUT2D eigenvalue weighted by molar-refractivity contribution is -0.133. The molecule has 33 heavy (non-hydrogen) atoms. The Kier molecular flexibility index (Phi) is 7.55. The molecule has 0 fully saturated rings. The second-order valence-corrected chi connectivity index (χ2v) is 8.14. The molecule has 3 rings (SSSR count). The number of nitrogens with zero attached hydrogens (tertiary/aromatic N) is 1. The third-order valence-electron chi connectivity index (χ3n) is 5.38. The second-order valence-electron chi connectivity index (χ2n) is 8.14. The lowest BCUT2D eigenvalue weighted by atomic mass is 9.99. The van der Waals surface area contributed by atoms with E-state index >= 15 is 0 Å². The van der Waals surface area contributed by atoms with E-state index in [1.54, 1.807) is 19.1 Å². The van der Waals surface area contributed by atoms with Crippen LogP contribution in [0.15, 0.2) is 36.4 Å². The molecule has 0 aliphatic heterocycles. The van der Waals surface area contributed by atoms with Gasteiger partial charge in [-0.3, -0.25) is 4.79 Å². The molecule has 6 heteroatoms. The Morgan fingerprint density at radius 3 is 2.52 bits per heavy atom. The number of carbonyl (C=O) groups excluding carboxylic acids is 2. The van der Waals surface area contributed by atoms with E-state index in [4.69, 9.17) is 4.74 Å². The number of halogens is 1. The Bertz CT molecular complexity index is 1260. The topological polar surface area (TPSA) is 57.5 Å². The lowest BCUT2D eigenvalue weighted by Gasteiger charge is -2.15. The molecule has 0 bridgehead atoms. The molecule has 5 nitrogen and oxygen atoms in total. The van der Waals surface area contributed by atoms with Crippen LogP contribution in [0.4, 0.5) is 4.39 Å². The molecule has 2 aromatic carbocycles. The molecule has 0 aliphatic rings. The van der Waals surface area contributed by atoms with Gasteiger partial charge in [-0.25, -0.2) is 9.18 Å². The van der Waals surface area contributed by atoms with Crippen molar-refractivity contribution in [2.45, 2.75) is 46.5 Å². The molecule has 0 saturated heterocycles. The smallest absolute Gasteiger partial charge is 0.384 e. The summed E-state index contributed by atoms with van der Waals surface area (Å²) in [6, 6.07) is 10.4. The second kappa shape index (κ2) is 10.4. The molecule has 0 saturated carbocycles. The van der Waals surface area contributed by atoms with E-state index in [1.807, 2.05) is 36.6 Å². The first-order chi connectivity index (χ1) is 15.8. The van der Waals surface area contributed by atoms with Crippen LogP contribution in [-0.2, 0) is 9.53 Å². The summed E-state index contributed by atoms with van der Waals surface area (Å²) < 4.78 is 26.4. The summed E-state index contributed by atoms with van der Waals surface area (Å²) in [5.74, 6) is 3.66. The molecule has 0 spiro atoms. The Morgan fingerprint density at radius 1 is 1.12 bits per heavy atom. The highest BCUT2D eigenvalue weighted by Gasteiger charge is 2.25. The Hall–Kier alpha value is -3.59. The number of aryl methyl sites for hydroxylation is 1. The van der Waals surface area contributed by atoms with Gasteiger partial charge >= 0.3 is 5.97 Å². The first kappa shape index (κ1) is 24.1. The third kappa shape index (κ3) is 5.09. The van der Waals surface area contributed by atoms with Crippen LogP contribution in [-0.4, -0.2) is 30.0 Å². The zero-order valence-electron chi connectivity index (χ0n) is 19.6. The summed E-state index contributed by atoms with van der Waals surface area (Å²) in [6.07, 6.45) is 1.93. The number of benzene rings is 2. The van der Waals surface area contributed by atoms with Gasteiger partial charge in [0, 0.05) is 22.7 Å². The quantitative estimate of drug-likeness (QED) is 0.115. The highest BCUT2D eigenvalue weighted by atomic mass is 19.1. The van der Waals surface area contributed by atoms with Gasteiger partial charge < -0.3 is 14.0 Å². The van der Waals surface area contributed by atoms with Crippen molar-refractivity contribution in [2.75, 3.05) is 13.7 Å². The number of carbonyl (C=O) groups is 2. The Balaban J connectivity index is 2.31. The number of hydrogen-bond donors (Lipinski definition) is 0. The first-order valence-corrected chi connectivity index (χ1v) is 11.0. The summed E-state index contributed by atoms with van der Waals surface area (Å²) >= 11 is 0. The molecule has 1 heterocycles. The van der Waals surface area contributed by atoms with Gasteiger partial charge in [-0.2, -0.15) is 0 Å².